The fourth-order valence-electron chi connectivity index (χ4n) is 3.66. The van der Waals surface area contributed by atoms with Gasteiger partial charge in [0.25, 0.3) is 0 Å². The van der Waals surface area contributed by atoms with Crippen molar-refractivity contribution in [1.29, 1.82) is 0 Å². The molecule has 1 aliphatic heterocycles. The number of rotatable bonds is 4. The van der Waals surface area contributed by atoms with Crippen molar-refractivity contribution in [2.75, 3.05) is 36.0 Å². The molecule has 3 rings (SSSR count). The second kappa shape index (κ2) is 9.42. The zero-order valence-electron chi connectivity index (χ0n) is 18.3. The number of amides is 2. The minimum Gasteiger partial charge on any atom is -0.465 e. The van der Waals surface area contributed by atoms with Crippen LogP contribution in [0.15, 0.2) is 42.5 Å². The van der Waals surface area contributed by atoms with Crippen molar-refractivity contribution in [3.8, 4) is 0 Å². The second-order valence-corrected chi connectivity index (χ2v) is 8.56. The molecule has 0 aromatic heterocycles. The lowest BCUT2D eigenvalue weighted by Crippen LogP contribution is -2.49. The molecule has 0 aliphatic carbocycles. The molecule has 9 heteroatoms. The summed E-state index contributed by atoms with van der Waals surface area (Å²) in [6.45, 7) is 5.89. The smallest absolute Gasteiger partial charge is 0.415 e. The third-order valence-corrected chi connectivity index (χ3v) is 5.18. The van der Waals surface area contributed by atoms with Gasteiger partial charge in [-0.1, -0.05) is 30.3 Å². The van der Waals surface area contributed by atoms with Crippen LogP contribution in [0.2, 0.25) is 0 Å². The molecule has 0 spiro atoms. The maximum absolute atomic E-state index is 15.0. The number of hydrogen-bond acceptors (Lipinski definition) is 4. The Hall–Kier alpha value is -3.36. The number of hydrogen-bond donors (Lipinski definition) is 1. The van der Waals surface area contributed by atoms with Crippen molar-refractivity contribution in [1.82, 2.24) is 4.90 Å². The molecule has 1 saturated heterocycles. The van der Waals surface area contributed by atoms with E-state index in [-0.39, 0.29) is 44.2 Å². The molecule has 32 heavy (non-hydrogen) atoms. The summed E-state index contributed by atoms with van der Waals surface area (Å²) in [5.74, 6) is -1.65. The van der Waals surface area contributed by atoms with Gasteiger partial charge in [0.1, 0.15) is 12.3 Å². The van der Waals surface area contributed by atoms with E-state index >= 15 is 8.78 Å². The fraction of sp³-hybridized carbons (Fsp3) is 0.391. The van der Waals surface area contributed by atoms with Gasteiger partial charge in [-0.2, -0.15) is 0 Å². The average molecular weight is 447 g/mol. The van der Waals surface area contributed by atoms with Crippen LogP contribution < -0.4 is 9.80 Å². The van der Waals surface area contributed by atoms with E-state index in [4.69, 9.17) is 9.84 Å². The Kier molecular flexibility index (Phi) is 6.86. The number of carboxylic acid groups (broad SMARTS) is 1. The van der Waals surface area contributed by atoms with Gasteiger partial charge in [0.15, 0.2) is 11.6 Å². The Bertz CT molecular complexity index is 948. The zero-order valence-corrected chi connectivity index (χ0v) is 18.3. The number of carbonyl (C=O) groups is 2. The van der Waals surface area contributed by atoms with E-state index in [1.54, 1.807) is 20.8 Å². The first-order chi connectivity index (χ1) is 15.1. The van der Waals surface area contributed by atoms with Crippen LogP contribution in [0.1, 0.15) is 26.3 Å². The fourth-order valence-corrected chi connectivity index (χ4v) is 3.66. The number of anilines is 2. The van der Waals surface area contributed by atoms with Gasteiger partial charge in [0.2, 0.25) is 0 Å². The average Bonchev–Trinajstić information content (AvgIpc) is 2.72. The third-order valence-electron chi connectivity index (χ3n) is 5.18. The first kappa shape index (κ1) is 23.3. The van der Waals surface area contributed by atoms with Crippen molar-refractivity contribution < 1.29 is 28.2 Å². The highest BCUT2D eigenvalue weighted by molar-refractivity contribution is 5.89. The van der Waals surface area contributed by atoms with E-state index in [1.165, 1.54) is 14.7 Å². The van der Waals surface area contributed by atoms with E-state index in [0.717, 1.165) is 17.7 Å². The SMILES string of the molecule is CC(C)(C)N(C(=O)OCc1ccccc1)c1cc(F)c(N2CCN(C(=O)O)CC2)c(F)c1. The summed E-state index contributed by atoms with van der Waals surface area (Å²) in [7, 11) is 0. The van der Waals surface area contributed by atoms with Gasteiger partial charge < -0.3 is 19.6 Å². The molecular formula is C23H27F2N3O4. The van der Waals surface area contributed by atoms with E-state index in [2.05, 4.69) is 0 Å². The highest BCUT2D eigenvalue weighted by Gasteiger charge is 2.32. The number of piperazine rings is 1. The maximum Gasteiger partial charge on any atom is 0.415 e. The summed E-state index contributed by atoms with van der Waals surface area (Å²) in [6.07, 6.45) is -1.78. The van der Waals surface area contributed by atoms with Gasteiger partial charge >= 0.3 is 12.2 Å². The molecule has 0 atom stereocenters. The van der Waals surface area contributed by atoms with Crippen LogP contribution in [0.5, 0.6) is 0 Å². The van der Waals surface area contributed by atoms with E-state index in [0.29, 0.717) is 0 Å². The lowest BCUT2D eigenvalue weighted by atomic mass is 10.0. The molecule has 0 radical (unpaired) electrons. The van der Waals surface area contributed by atoms with E-state index in [1.807, 2.05) is 30.3 Å². The van der Waals surface area contributed by atoms with Gasteiger partial charge in [-0.05, 0) is 26.3 Å². The summed E-state index contributed by atoms with van der Waals surface area (Å²) in [5, 5.41) is 9.06. The summed E-state index contributed by atoms with van der Waals surface area (Å²) < 4.78 is 35.4. The molecule has 0 saturated carbocycles. The summed E-state index contributed by atoms with van der Waals surface area (Å²) >= 11 is 0. The monoisotopic (exact) mass is 447 g/mol. The van der Waals surface area contributed by atoms with Gasteiger partial charge in [-0.25, -0.2) is 18.4 Å². The van der Waals surface area contributed by atoms with Crippen LogP contribution in [0, 0.1) is 11.6 Å². The number of nitrogens with zero attached hydrogens (tertiary/aromatic N) is 3. The van der Waals surface area contributed by atoms with Gasteiger partial charge in [-0.15, -0.1) is 0 Å². The van der Waals surface area contributed by atoms with E-state index < -0.39 is 29.4 Å². The third kappa shape index (κ3) is 5.27. The van der Waals surface area contributed by atoms with Crippen LogP contribution >= 0.6 is 0 Å². The van der Waals surface area contributed by atoms with Crippen molar-refractivity contribution in [2.24, 2.45) is 0 Å². The lowest BCUT2D eigenvalue weighted by molar-refractivity contribution is 0.141. The summed E-state index contributed by atoms with van der Waals surface area (Å²) in [5.41, 5.74) is -0.201. The molecule has 1 aliphatic rings. The molecule has 2 aromatic carbocycles. The normalized spacial score (nSPS) is 14.3. The number of carbonyl (C=O) groups excluding carboxylic acids is 1. The molecule has 0 bridgehead atoms. The standard InChI is InChI=1S/C23H27F2N3O4/c1-23(2,3)28(22(31)32-15-16-7-5-4-6-8-16)17-13-18(24)20(19(25)14-17)26-9-11-27(12-10-26)21(29)30/h4-8,13-14H,9-12,15H2,1-3H3,(H,29,30). The zero-order chi connectivity index (χ0) is 23.5. The largest absolute Gasteiger partial charge is 0.465 e. The molecular weight excluding hydrogens is 420 g/mol. The first-order valence-corrected chi connectivity index (χ1v) is 10.3. The second-order valence-electron chi connectivity index (χ2n) is 8.56. The Balaban J connectivity index is 1.82. The van der Waals surface area contributed by atoms with Crippen LogP contribution in [0.25, 0.3) is 0 Å². The summed E-state index contributed by atoms with van der Waals surface area (Å²) in [4.78, 5) is 27.8. The van der Waals surface area contributed by atoms with Crippen LogP contribution in [-0.4, -0.2) is 53.9 Å². The number of benzene rings is 2. The Morgan fingerprint density at radius 2 is 1.59 bits per heavy atom. The first-order valence-electron chi connectivity index (χ1n) is 10.3. The molecule has 0 unspecified atom stereocenters. The maximum atomic E-state index is 15.0. The summed E-state index contributed by atoms with van der Waals surface area (Å²) in [6, 6.07) is 11.3. The Morgan fingerprint density at radius 1 is 1.03 bits per heavy atom. The van der Waals surface area contributed by atoms with Gasteiger partial charge in [0.05, 0.1) is 5.69 Å². The van der Waals surface area contributed by atoms with Crippen LogP contribution in [0.3, 0.4) is 0 Å². The molecule has 1 fully saturated rings. The predicted molar refractivity (Wildman–Crippen MR) is 117 cm³/mol. The number of ether oxygens (including phenoxy) is 1. The predicted octanol–water partition coefficient (Wildman–Crippen LogP) is 4.71. The van der Waals surface area contributed by atoms with Crippen LogP contribution in [0.4, 0.5) is 29.7 Å². The van der Waals surface area contributed by atoms with Crippen molar-refractivity contribution in [2.45, 2.75) is 32.9 Å². The minimum atomic E-state index is -1.06. The van der Waals surface area contributed by atoms with Crippen molar-refractivity contribution in [3.05, 3.63) is 59.7 Å². The lowest BCUT2D eigenvalue weighted by Gasteiger charge is -2.37. The molecule has 7 nitrogen and oxygen atoms in total. The topological polar surface area (TPSA) is 73.3 Å². The highest BCUT2D eigenvalue weighted by Crippen LogP contribution is 2.33. The molecule has 172 valence electrons. The van der Waals surface area contributed by atoms with Gasteiger partial charge in [-0.3, -0.25) is 4.90 Å². The molecule has 1 N–H and O–H groups in total. The number of halogens is 2. The molecule has 1 heterocycles. The van der Waals surface area contributed by atoms with Crippen molar-refractivity contribution in [3.63, 3.8) is 0 Å². The highest BCUT2D eigenvalue weighted by atomic mass is 19.1. The Labute approximate surface area is 185 Å². The quantitative estimate of drug-likeness (QED) is 0.735. The Morgan fingerprint density at radius 3 is 2.09 bits per heavy atom. The van der Waals surface area contributed by atoms with Crippen LogP contribution in [-0.2, 0) is 11.3 Å². The molecule has 2 aromatic rings. The molecule has 2 amide bonds. The van der Waals surface area contributed by atoms with Gasteiger partial charge in [0, 0.05) is 43.9 Å². The van der Waals surface area contributed by atoms with Crippen molar-refractivity contribution >= 4 is 23.6 Å². The van der Waals surface area contributed by atoms with E-state index in [9.17, 15) is 9.59 Å². The minimum absolute atomic E-state index is 0.0309.